The first-order chi connectivity index (χ1) is 13.4. The molecule has 150 valence electrons. The second kappa shape index (κ2) is 8.68. The standard InChI is InChI=1S/C20H27N5O2S/c1-12-7-6-10-16(13(12)2)21-20(28)23-22-18(26)11-17-14-8-4-5-9-15(14)19(27)25(3)24-17/h4-5,8-9,12-13,16H,6-7,10-11H2,1-3H3,(H,22,26)(H2,21,23,28)/t12-,13-,16+/m1/s1. The maximum Gasteiger partial charge on any atom is 0.274 e. The van der Waals surface area contributed by atoms with Gasteiger partial charge in [-0.3, -0.25) is 20.4 Å². The summed E-state index contributed by atoms with van der Waals surface area (Å²) in [6.07, 6.45) is 3.55. The number of hydrogen-bond donors (Lipinski definition) is 3. The summed E-state index contributed by atoms with van der Waals surface area (Å²) in [4.78, 5) is 24.6. The van der Waals surface area contributed by atoms with Crippen molar-refractivity contribution < 1.29 is 4.79 Å². The minimum Gasteiger partial charge on any atom is -0.358 e. The zero-order valence-corrected chi connectivity index (χ0v) is 17.3. The summed E-state index contributed by atoms with van der Waals surface area (Å²) >= 11 is 5.33. The van der Waals surface area contributed by atoms with Gasteiger partial charge in [-0.25, -0.2) is 4.68 Å². The van der Waals surface area contributed by atoms with Crippen LogP contribution in [0.3, 0.4) is 0 Å². The Labute approximate surface area is 169 Å². The molecule has 1 heterocycles. The van der Waals surface area contributed by atoms with Crippen molar-refractivity contribution in [3.63, 3.8) is 0 Å². The molecule has 0 saturated heterocycles. The van der Waals surface area contributed by atoms with E-state index >= 15 is 0 Å². The van der Waals surface area contributed by atoms with Crippen LogP contribution in [0.15, 0.2) is 29.1 Å². The number of carbonyl (C=O) groups is 1. The number of hydrazine groups is 1. The molecule has 1 aromatic heterocycles. The maximum atomic E-state index is 12.4. The van der Waals surface area contributed by atoms with E-state index in [1.165, 1.54) is 17.5 Å². The normalized spacial score (nSPS) is 21.9. The number of nitrogens with zero attached hydrogens (tertiary/aromatic N) is 2. The summed E-state index contributed by atoms with van der Waals surface area (Å²) < 4.78 is 1.26. The molecular weight excluding hydrogens is 374 g/mol. The van der Waals surface area contributed by atoms with Crippen molar-refractivity contribution in [3.8, 4) is 0 Å². The molecule has 1 aliphatic carbocycles. The van der Waals surface area contributed by atoms with Gasteiger partial charge in [-0.05, 0) is 36.5 Å². The topological polar surface area (TPSA) is 88.0 Å². The molecule has 7 nitrogen and oxygen atoms in total. The van der Waals surface area contributed by atoms with Gasteiger partial charge in [0.1, 0.15) is 0 Å². The second-order valence-electron chi connectivity index (χ2n) is 7.62. The van der Waals surface area contributed by atoms with Gasteiger partial charge in [0.2, 0.25) is 5.91 Å². The van der Waals surface area contributed by atoms with Crippen molar-refractivity contribution in [2.75, 3.05) is 0 Å². The minimum absolute atomic E-state index is 0.0428. The van der Waals surface area contributed by atoms with Gasteiger partial charge in [-0.1, -0.05) is 44.9 Å². The van der Waals surface area contributed by atoms with E-state index in [4.69, 9.17) is 12.2 Å². The molecule has 3 rings (SSSR count). The predicted octanol–water partition coefficient (Wildman–Crippen LogP) is 1.80. The van der Waals surface area contributed by atoms with Gasteiger partial charge in [0, 0.05) is 18.5 Å². The predicted molar refractivity (Wildman–Crippen MR) is 114 cm³/mol. The smallest absolute Gasteiger partial charge is 0.274 e. The summed E-state index contributed by atoms with van der Waals surface area (Å²) in [5, 5.41) is 9.21. The summed E-state index contributed by atoms with van der Waals surface area (Å²) in [5.41, 5.74) is 5.77. The Hall–Kier alpha value is -2.48. The largest absolute Gasteiger partial charge is 0.358 e. The summed E-state index contributed by atoms with van der Waals surface area (Å²) in [6.45, 7) is 4.50. The summed E-state index contributed by atoms with van der Waals surface area (Å²) in [7, 11) is 1.58. The minimum atomic E-state index is -0.273. The molecule has 2 aromatic rings. The van der Waals surface area contributed by atoms with Crippen molar-refractivity contribution in [1.82, 2.24) is 25.9 Å². The number of aromatic nitrogens is 2. The van der Waals surface area contributed by atoms with Gasteiger partial charge in [-0.15, -0.1) is 0 Å². The molecule has 8 heteroatoms. The average molecular weight is 402 g/mol. The lowest BCUT2D eigenvalue weighted by Gasteiger charge is -2.35. The van der Waals surface area contributed by atoms with Crippen LogP contribution >= 0.6 is 12.2 Å². The summed E-state index contributed by atoms with van der Waals surface area (Å²) in [6, 6.07) is 7.48. The number of amides is 1. The number of hydrogen-bond acceptors (Lipinski definition) is 4. The Morgan fingerprint density at radius 3 is 2.68 bits per heavy atom. The molecule has 1 saturated carbocycles. The maximum absolute atomic E-state index is 12.4. The van der Waals surface area contributed by atoms with Gasteiger partial charge in [0.15, 0.2) is 5.11 Å². The van der Waals surface area contributed by atoms with Crippen molar-refractivity contribution in [2.45, 2.75) is 45.6 Å². The number of aryl methyl sites for hydroxylation is 1. The highest BCUT2D eigenvalue weighted by Gasteiger charge is 2.27. The Morgan fingerprint density at radius 1 is 1.21 bits per heavy atom. The lowest BCUT2D eigenvalue weighted by atomic mass is 9.78. The number of nitrogens with one attached hydrogen (secondary N) is 3. The van der Waals surface area contributed by atoms with E-state index in [1.54, 1.807) is 25.2 Å². The van der Waals surface area contributed by atoms with Gasteiger partial charge in [0.25, 0.3) is 5.56 Å². The first-order valence-electron chi connectivity index (χ1n) is 9.67. The first-order valence-corrected chi connectivity index (χ1v) is 10.1. The third kappa shape index (κ3) is 4.49. The molecule has 3 atom stereocenters. The van der Waals surface area contributed by atoms with Crippen molar-refractivity contribution >= 4 is 34.0 Å². The van der Waals surface area contributed by atoms with E-state index in [2.05, 4.69) is 35.1 Å². The lowest BCUT2D eigenvalue weighted by molar-refractivity contribution is -0.121. The third-order valence-corrected chi connectivity index (χ3v) is 5.92. The molecular formula is C20H27N5O2S. The van der Waals surface area contributed by atoms with Crippen LogP contribution in [0, 0.1) is 11.8 Å². The highest BCUT2D eigenvalue weighted by molar-refractivity contribution is 7.80. The van der Waals surface area contributed by atoms with Crippen LogP contribution in [-0.4, -0.2) is 26.8 Å². The average Bonchev–Trinajstić information content (AvgIpc) is 2.68. The van der Waals surface area contributed by atoms with Crippen LogP contribution in [0.1, 0.15) is 38.8 Å². The van der Waals surface area contributed by atoms with E-state index in [1.807, 2.05) is 6.07 Å². The molecule has 28 heavy (non-hydrogen) atoms. The number of rotatable bonds is 3. The zero-order valence-electron chi connectivity index (χ0n) is 16.5. The molecule has 1 aromatic carbocycles. The molecule has 3 N–H and O–H groups in total. The molecule has 1 fully saturated rings. The fourth-order valence-electron chi connectivity index (χ4n) is 3.82. The zero-order chi connectivity index (χ0) is 20.3. The fraction of sp³-hybridized carbons (Fsp3) is 0.500. The molecule has 0 spiro atoms. The van der Waals surface area contributed by atoms with E-state index in [9.17, 15) is 9.59 Å². The Morgan fingerprint density at radius 2 is 1.93 bits per heavy atom. The monoisotopic (exact) mass is 401 g/mol. The van der Waals surface area contributed by atoms with Crippen LogP contribution in [0.25, 0.3) is 10.8 Å². The molecule has 0 radical (unpaired) electrons. The van der Waals surface area contributed by atoms with Gasteiger partial charge < -0.3 is 5.32 Å². The number of thiocarbonyl (C=S) groups is 1. The summed E-state index contributed by atoms with van der Waals surface area (Å²) in [5.74, 6) is 0.920. The Bertz CT molecular complexity index is 942. The molecule has 0 unspecified atom stereocenters. The van der Waals surface area contributed by atoms with Crippen molar-refractivity contribution in [3.05, 3.63) is 40.3 Å². The number of carbonyl (C=O) groups excluding carboxylic acids is 1. The van der Waals surface area contributed by atoms with E-state index in [-0.39, 0.29) is 17.9 Å². The SMILES string of the molecule is C[C@@H]1[C@H](C)CCC[C@@H]1NC(=S)NNC(=O)Cc1nn(C)c(=O)c2ccccc12. The fourth-order valence-corrected chi connectivity index (χ4v) is 4.02. The number of fused-ring (bicyclic) bond motifs is 1. The number of benzene rings is 1. The highest BCUT2D eigenvalue weighted by atomic mass is 32.1. The van der Waals surface area contributed by atoms with Crippen molar-refractivity contribution in [1.29, 1.82) is 0 Å². The van der Waals surface area contributed by atoms with Crippen molar-refractivity contribution in [2.24, 2.45) is 18.9 Å². The molecule has 0 aliphatic heterocycles. The van der Waals surface area contributed by atoms with E-state index in [0.717, 1.165) is 6.42 Å². The Balaban J connectivity index is 1.59. The molecule has 1 aliphatic rings. The first kappa shape index (κ1) is 20.3. The highest BCUT2D eigenvalue weighted by Crippen LogP contribution is 2.29. The third-order valence-electron chi connectivity index (χ3n) is 5.70. The van der Waals surface area contributed by atoms with Crippen LogP contribution in [0.4, 0.5) is 0 Å². The van der Waals surface area contributed by atoms with Gasteiger partial charge in [0.05, 0.1) is 17.5 Å². The van der Waals surface area contributed by atoms with Gasteiger partial charge >= 0.3 is 0 Å². The van der Waals surface area contributed by atoms with Crippen LogP contribution in [-0.2, 0) is 18.3 Å². The lowest BCUT2D eigenvalue weighted by Crippen LogP contribution is -2.52. The Kier molecular flexibility index (Phi) is 6.28. The quantitative estimate of drug-likeness (QED) is 0.537. The molecule has 1 amide bonds. The van der Waals surface area contributed by atoms with Crippen LogP contribution in [0.2, 0.25) is 0 Å². The van der Waals surface area contributed by atoms with E-state index in [0.29, 0.717) is 39.5 Å². The van der Waals surface area contributed by atoms with Gasteiger partial charge in [-0.2, -0.15) is 5.10 Å². The van der Waals surface area contributed by atoms with Crippen LogP contribution < -0.4 is 21.7 Å². The van der Waals surface area contributed by atoms with Crippen LogP contribution in [0.5, 0.6) is 0 Å². The molecule has 0 bridgehead atoms. The van der Waals surface area contributed by atoms with E-state index < -0.39 is 0 Å². The second-order valence-corrected chi connectivity index (χ2v) is 8.03.